The lowest BCUT2D eigenvalue weighted by atomic mass is 9.71. The Balaban J connectivity index is 1.56. The van der Waals surface area contributed by atoms with Gasteiger partial charge in [0.1, 0.15) is 0 Å². The van der Waals surface area contributed by atoms with Crippen molar-refractivity contribution in [3.05, 3.63) is 159 Å². The molecular formula is C52H50Cl4O2S2. The summed E-state index contributed by atoms with van der Waals surface area (Å²) in [6.45, 7) is 25.0. The number of Topliss-reactive ketones (excluding diaryl/α,β-unsaturated/α-hetero) is 2. The van der Waals surface area contributed by atoms with Crippen molar-refractivity contribution >= 4 is 112 Å². The highest BCUT2D eigenvalue weighted by molar-refractivity contribution is 7.21. The third kappa shape index (κ3) is 8.38. The summed E-state index contributed by atoms with van der Waals surface area (Å²) in [5, 5.41) is 4.39. The fraction of sp³-hybridized carbons (Fsp3) is 0.308. The van der Waals surface area contributed by atoms with E-state index in [1.54, 1.807) is 22.7 Å². The first-order chi connectivity index (χ1) is 27.8. The maximum atomic E-state index is 14.2. The largest absolute Gasteiger partial charge is 0.289 e. The summed E-state index contributed by atoms with van der Waals surface area (Å²) in [5.74, 6) is 0.133. The zero-order chi connectivity index (χ0) is 44.0. The standard InChI is InChI=1S/C52H50Cl4O2S2/c1-49(2,3)35-21-29(22-36(45(35)57)50(4,5)6)41(47-43(55)33-19-17-31(53)25-39(33)59-47)27-13-15-28(16-14-27)42(48-44(56)34-20-18-32(54)26-40(34)60-48)30-23-37(51(7,8)9)46(58)38(24-30)52(10,11)12/h13-26H,1-12H3. The second kappa shape index (κ2) is 15.7. The van der Waals surface area contributed by atoms with Gasteiger partial charge in [0.25, 0.3) is 0 Å². The van der Waals surface area contributed by atoms with Crippen molar-refractivity contribution in [1.82, 2.24) is 0 Å². The molecule has 0 spiro atoms. The molecule has 0 unspecified atom stereocenters. The summed E-state index contributed by atoms with van der Waals surface area (Å²) < 4.78 is 1.95. The summed E-state index contributed by atoms with van der Waals surface area (Å²) in [4.78, 5) is 30.1. The topological polar surface area (TPSA) is 34.1 Å². The summed E-state index contributed by atoms with van der Waals surface area (Å²) in [6.07, 6.45) is 8.23. The van der Waals surface area contributed by atoms with Gasteiger partial charge in [-0.2, -0.15) is 0 Å². The molecule has 2 heterocycles. The van der Waals surface area contributed by atoms with Crippen molar-refractivity contribution in [2.45, 2.75) is 83.1 Å². The van der Waals surface area contributed by atoms with Gasteiger partial charge in [0.15, 0.2) is 11.6 Å². The van der Waals surface area contributed by atoms with Crippen LogP contribution in [0.25, 0.3) is 31.3 Å². The third-order valence-electron chi connectivity index (χ3n) is 11.1. The van der Waals surface area contributed by atoms with Crippen molar-refractivity contribution in [3.63, 3.8) is 0 Å². The van der Waals surface area contributed by atoms with Crippen molar-refractivity contribution in [3.8, 4) is 0 Å². The lowest BCUT2D eigenvalue weighted by Gasteiger charge is -2.32. The van der Waals surface area contributed by atoms with Crippen LogP contribution in [0.5, 0.6) is 0 Å². The first-order valence-electron chi connectivity index (χ1n) is 20.1. The molecule has 2 nitrogen and oxygen atoms in total. The van der Waals surface area contributed by atoms with Crippen molar-refractivity contribution in [2.24, 2.45) is 21.7 Å². The van der Waals surface area contributed by atoms with Gasteiger partial charge in [-0.25, -0.2) is 0 Å². The van der Waals surface area contributed by atoms with Crippen LogP contribution in [0.15, 0.2) is 118 Å². The van der Waals surface area contributed by atoms with Crippen LogP contribution in [-0.2, 0) is 9.59 Å². The molecule has 0 saturated carbocycles. The third-order valence-corrected chi connectivity index (χ3v) is 14.9. The number of benzene rings is 3. The molecular weight excluding hydrogens is 863 g/mol. The molecule has 0 saturated heterocycles. The SMILES string of the molecule is CC(C)(C)C1=CC(=C(c2ccc(C(=C3C=C(C(C)(C)C)C(=O)C(C(C)(C)C)=C3)c3sc4cc(Cl)ccc4c3Cl)cc2)c2sc3cc(Cl)ccc3c2Cl)C=C(C(C)(C)C)C1=O. The second-order valence-electron chi connectivity index (χ2n) is 19.9. The minimum Gasteiger partial charge on any atom is -0.289 e. The van der Waals surface area contributed by atoms with E-state index in [4.69, 9.17) is 46.4 Å². The number of fused-ring (bicyclic) bond motifs is 2. The highest BCUT2D eigenvalue weighted by atomic mass is 35.5. The molecule has 310 valence electrons. The average molecular weight is 913 g/mol. The lowest BCUT2D eigenvalue weighted by molar-refractivity contribution is -0.114. The van der Waals surface area contributed by atoms with Crippen molar-refractivity contribution in [1.29, 1.82) is 0 Å². The van der Waals surface area contributed by atoms with Crippen LogP contribution < -0.4 is 0 Å². The van der Waals surface area contributed by atoms with Crippen LogP contribution in [0, 0.1) is 21.7 Å². The van der Waals surface area contributed by atoms with Gasteiger partial charge in [0.2, 0.25) is 0 Å². The second-order valence-corrected chi connectivity index (χ2v) is 23.6. The number of hydrogen-bond acceptors (Lipinski definition) is 4. The molecule has 2 aliphatic carbocycles. The number of thiophene rings is 2. The van der Waals surface area contributed by atoms with E-state index in [9.17, 15) is 9.59 Å². The van der Waals surface area contributed by atoms with Gasteiger partial charge >= 0.3 is 0 Å². The van der Waals surface area contributed by atoms with E-state index in [0.29, 0.717) is 20.1 Å². The van der Waals surface area contributed by atoms with Gasteiger partial charge in [-0.15, -0.1) is 22.7 Å². The Morgan fingerprint density at radius 2 is 0.717 bits per heavy atom. The van der Waals surface area contributed by atoms with Crippen LogP contribution in [0.2, 0.25) is 20.1 Å². The smallest absolute Gasteiger partial charge is 0.186 e. The van der Waals surface area contributed by atoms with Gasteiger partial charge < -0.3 is 0 Å². The maximum Gasteiger partial charge on any atom is 0.186 e. The van der Waals surface area contributed by atoms with Crippen LogP contribution in [-0.4, -0.2) is 11.6 Å². The molecule has 60 heavy (non-hydrogen) atoms. The van der Waals surface area contributed by atoms with E-state index >= 15 is 0 Å². The number of carbonyl (C=O) groups excluding carboxylic acids is 2. The monoisotopic (exact) mass is 910 g/mol. The Morgan fingerprint density at radius 1 is 0.433 bits per heavy atom. The first-order valence-corrected chi connectivity index (χ1v) is 23.2. The van der Waals surface area contributed by atoms with Crippen LogP contribution >= 0.6 is 69.1 Å². The van der Waals surface area contributed by atoms with Gasteiger partial charge in [0, 0.05) is 63.7 Å². The number of ketones is 2. The summed E-state index contributed by atoms with van der Waals surface area (Å²) in [5.41, 5.74) is 6.93. The van der Waals surface area contributed by atoms with Crippen molar-refractivity contribution in [2.75, 3.05) is 0 Å². The van der Waals surface area contributed by atoms with E-state index in [2.05, 4.69) is 132 Å². The zero-order valence-corrected chi connectivity index (χ0v) is 40.9. The Bertz CT molecular complexity index is 2570. The van der Waals surface area contributed by atoms with Crippen molar-refractivity contribution < 1.29 is 9.59 Å². The predicted octanol–water partition coefficient (Wildman–Crippen LogP) is 17.4. The van der Waals surface area contributed by atoms with Gasteiger partial charge in [0.05, 0.1) is 19.8 Å². The summed E-state index contributed by atoms with van der Waals surface area (Å²) >= 11 is 30.9. The number of halogens is 4. The van der Waals surface area contributed by atoms with Crippen LogP contribution in [0.3, 0.4) is 0 Å². The Labute approximate surface area is 383 Å². The first kappa shape index (κ1) is 44.6. The molecule has 0 radical (unpaired) electrons. The van der Waals surface area contributed by atoms with E-state index in [0.717, 1.165) is 85.6 Å². The highest BCUT2D eigenvalue weighted by Gasteiger charge is 2.37. The summed E-state index contributed by atoms with van der Waals surface area (Å²) in [6, 6.07) is 20.1. The molecule has 0 N–H and O–H groups in total. The molecule has 0 atom stereocenters. The van der Waals surface area contributed by atoms with E-state index in [1.807, 2.05) is 36.4 Å². The molecule has 8 heteroatoms. The van der Waals surface area contributed by atoms with Gasteiger partial charge in [-0.3, -0.25) is 9.59 Å². The molecule has 3 aromatic carbocycles. The Morgan fingerprint density at radius 3 is 0.983 bits per heavy atom. The summed E-state index contributed by atoms with van der Waals surface area (Å²) in [7, 11) is 0. The van der Waals surface area contributed by atoms with E-state index in [1.165, 1.54) is 0 Å². The minimum absolute atomic E-state index is 0.0664. The molecule has 7 rings (SSSR count). The molecule has 0 bridgehead atoms. The molecule has 5 aromatic rings. The number of allylic oxidation sites excluding steroid dienone is 10. The normalized spacial score (nSPS) is 15.7. The highest BCUT2D eigenvalue weighted by Crippen LogP contribution is 2.50. The van der Waals surface area contributed by atoms with E-state index < -0.39 is 21.7 Å². The number of carbonyl (C=O) groups is 2. The fourth-order valence-corrected chi connectivity index (χ4v) is 11.6. The minimum atomic E-state index is -0.408. The molecule has 2 aliphatic rings. The van der Waals surface area contributed by atoms with E-state index in [-0.39, 0.29) is 11.6 Å². The number of rotatable bonds is 4. The Kier molecular flexibility index (Phi) is 11.7. The molecule has 0 fully saturated rings. The zero-order valence-electron chi connectivity index (χ0n) is 36.2. The lowest BCUT2D eigenvalue weighted by Crippen LogP contribution is -2.28. The fourth-order valence-electron chi connectivity index (χ4n) is 7.84. The number of hydrogen-bond donors (Lipinski definition) is 0. The van der Waals surface area contributed by atoms with Crippen LogP contribution in [0.1, 0.15) is 104 Å². The molecule has 0 amide bonds. The maximum absolute atomic E-state index is 14.2. The molecule has 2 aromatic heterocycles. The Hall–Kier alpha value is -3.48. The quantitative estimate of drug-likeness (QED) is 0.180. The molecule has 0 aliphatic heterocycles. The van der Waals surface area contributed by atoms with Gasteiger partial charge in [-0.1, -0.05) is 166 Å². The van der Waals surface area contributed by atoms with Crippen LogP contribution in [0.4, 0.5) is 0 Å². The van der Waals surface area contributed by atoms with Gasteiger partial charge in [-0.05, 0) is 92.5 Å². The predicted molar refractivity (Wildman–Crippen MR) is 262 cm³/mol. The average Bonchev–Trinajstić information content (AvgIpc) is 3.62.